The summed E-state index contributed by atoms with van der Waals surface area (Å²) in [6.07, 6.45) is 8.65. The molecule has 0 spiro atoms. The Labute approximate surface area is 159 Å². The average Bonchev–Trinajstić information content (AvgIpc) is 3.27. The monoisotopic (exact) mass is 369 g/mol. The molecule has 2 aliphatic heterocycles. The highest BCUT2D eigenvalue weighted by molar-refractivity contribution is 5.76. The minimum atomic E-state index is -0.279. The molecule has 4 rings (SSSR count). The number of pyridine rings is 1. The lowest BCUT2D eigenvalue weighted by molar-refractivity contribution is -0.123. The molecule has 2 bridgehead atoms. The van der Waals surface area contributed by atoms with Crippen LogP contribution in [-0.2, 0) is 4.79 Å². The van der Waals surface area contributed by atoms with Gasteiger partial charge >= 0.3 is 0 Å². The van der Waals surface area contributed by atoms with Gasteiger partial charge in [-0.2, -0.15) is 4.98 Å². The van der Waals surface area contributed by atoms with Crippen molar-refractivity contribution < 1.29 is 9.32 Å². The van der Waals surface area contributed by atoms with E-state index in [1.807, 2.05) is 26.0 Å². The highest BCUT2D eigenvalue weighted by Gasteiger charge is 2.35. The van der Waals surface area contributed by atoms with E-state index in [0.717, 1.165) is 18.4 Å². The van der Waals surface area contributed by atoms with Gasteiger partial charge in [0, 0.05) is 36.5 Å². The standard InChI is InChI=1S/C20H27N5O2/c1-12(2)18(20-24-19(25-27-20)14-5-7-21-8-6-14)23-17(26)11-13-9-15-3-4-16(10-13)22-15/h5-8,12-13,15-16,18,22H,3-4,9-11H2,1-2H3,(H,23,26). The second kappa shape index (κ2) is 7.76. The van der Waals surface area contributed by atoms with Gasteiger partial charge in [0.15, 0.2) is 0 Å². The lowest BCUT2D eigenvalue weighted by atomic mass is 9.89. The average molecular weight is 369 g/mol. The molecule has 0 saturated carbocycles. The van der Waals surface area contributed by atoms with Crippen molar-refractivity contribution in [3.63, 3.8) is 0 Å². The van der Waals surface area contributed by atoms with Gasteiger partial charge in [-0.25, -0.2) is 0 Å². The molecule has 1 amide bonds. The molecule has 2 fully saturated rings. The van der Waals surface area contributed by atoms with E-state index in [4.69, 9.17) is 4.52 Å². The minimum absolute atomic E-state index is 0.0728. The number of aromatic nitrogens is 3. The number of nitrogens with one attached hydrogen (secondary N) is 2. The molecule has 2 aromatic rings. The fraction of sp³-hybridized carbons (Fsp3) is 0.600. The summed E-state index contributed by atoms with van der Waals surface area (Å²) in [5, 5.41) is 10.8. The zero-order chi connectivity index (χ0) is 18.8. The summed E-state index contributed by atoms with van der Waals surface area (Å²) < 4.78 is 5.47. The molecule has 27 heavy (non-hydrogen) atoms. The Morgan fingerprint density at radius 3 is 2.63 bits per heavy atom. The summed E-state index contributed by atoms with van der Waals surface area (Å²) in [4.78, 5) is 21.2. The highest BCUT2D eigenvalue weighted by Crippen LogP contribution is 2.33. The quantitative estimate of drug-likeness (QED) is 0.813. The maximum Gasteiger partial charge on any atom is 0.249 e. The van der Waals surface area contributed by atoms with E-state index in [1.165, 1.54) is 12.8 Å². The van der Waals surface area contributed by atoms with Gasteiger partial charge in [-0.3, -0.25) is 9.78 Å². The van der Waals surface area contributed by atoms with Crippen molar-refractivity contribution in [2.24, 2.45) is 11.8 Å². The van der Waals surface area contributed by atoms with Crippen molar-refractivity contribution in [2.75, 3.05) is 0 Å². The smallest absolute Gasteiger partial charge is 0.249 e. The van der Waals surface area contributed by atoms with Gasteiger partial charge in [0.2, 0.25) is 17.6 Å². The first kappa shape index (κ1) is 18.1. The SMILES string of the molecule is CC(C)C(NC(=O)CC1CC2CCC(C1)N2)c1nc(-c2ccncc2)no1. The molecule has 0 radical (unpaired) electrons. The first-order valence-electron chi connectivity index (χ1n) is 9.88. The molecular formula is C20H27N5O2. The van der Waals surface area contributed by atoms with E-state index in [1.54, 1.807) is 12.4 Å². The number of carbonyl (C=O) groups is 1. The van der Waals surface area contributed by atoms with Crippen LogP contribution in [0.4, 0.5) is 0 Å². The number of hydrogen-bond donors (Lipinski definition) is 2. The molecule has 7 nitrogen and oxygen atoms in total. The summed E-state index contributed by atoms with van der Waals surface area (Å²) in [5.41, 5.74) is 0.846. The molecule has 3 unspecified atom stereocenters. The molecule has 7 heteroatoms. The van der Waals surface area contributed by atoms with Crippen LogP contribution in [-0.4, -0.2) is 33.1 Å². The van der Waals surface area contributed by atoms with Crippen LogP contribution >= 0.6 is 0 Å². The van der Waals surface area contributed by atoms with Crippen molar-refractivity contribution >= 4 is 5.91 Å². The first-order chi connectivity index (χ1) is 13.1. The Morgan fingerprint density at radius 1 is 1.26 bits per heavy atom. The molecule has 0 aliphatic carbocycles. The number of amides is 1. The topological polar surface area (TPSA) is 92.9 Å². The number of nitrogens with zero attached hydrogens (tertiary/aromatic N) is 3. The normalized spacial score (nSPS) is 25.5. The second-order valence-electron chi connectivity index (χ2n) is 8.16. The maximum absolute atomic E-state index is 12.7. The Bertz CT molecular complexity index is 764. The third kappa shape index (κ3) is 4.18. The predicted octanol–water partition coefficient (Wildman–Crippen LogP) is 2.87. The van der Waals surface area contributed by atoms with Crippen LogP contribution in [0.25, 0.3) is 11.4 Å². The summed E-state index contributed by atoms with van der Waals surface area (Å²) in [6.45, 7) is 4.10. The van der Waals surface area contributed by atoms with Gasteiger partial charge < -0.3 is 15.2 Å². The Hall–Kier alpha value is -2.28. The van der Waals surface area contributed by atoms with Crippen molar-refractivity contribution in [1.82, 2.24) is 25.8 Å². The van der Waals surface area contributed by atoms with Crippen molar-refractivity contribution in [3.05, 3.63) is 30.4 Å². The molecule has 144 valence electrons. The number of hydrogen-bond acceptors (Lipinski definition) is 6. The third-order valence-electron chi connectivity index (χ3n) is 5.67. The second-order valence-corrected chi connectivity index (χ2v) is 8.16. The van der Waals surface area contributed by atoms with Crippen LogP contribution in [0.1, 0.15) is 57.9 Å². The van der Waals surface area contributed by atoms with Crippen LogP contribution < -0.4 is 10.6 Å². The number of rotatable bonds is 6. The maximum atomic E-state index is 12.7. The molecule has 2 N–H and O–H groups in total. The first-order valence-corrected chi connectivity index (χ1v) is 9.88. The van der Waals surface area contributed by atoms with Gasteiger partial charge in [-0.1, -0.05) is 19.0 Å². The Balaban J connectivity index is 1.41. The summed E-state index contributed by atoms with van der Waals surface area (Å²) in [5.74, 6) is 1.66. The predicted molar refractivity (Wildman–Crippen MR) is 101 cm³/mol. The number of carbonyl (C=O) groups excluding carboxylic acids is 1. The highest BCUT2D eigenvalue weighted by atomic mass is 16.5. The van der Waals surface area contributed by atoms with E-state index in [-0.39, 0.29) is 17.9 Å². The summed E-state index contributed by atoms with van der Waals surface area (Å²) >= 11 is 0. The van der Waals surface area contributed by atoms with Crippen molar-refractivity contribution in [1.29, 1.82) is 0 Å². The summed E-state index contributed by atoms with van der Waals surface area (Å²) in [6, 6.07) is 4.59. The molecule has 2 saturated heterocycles. The fourth-order valence-corrected chi connectivity index (χ4v) is 4.33. The van der Waals surface area contributed by atoms with Crippen molar-refractivity contribution in [3.8, 4) is 11.4 Å². The van der Waals surface area contributed by atoms with E-state index in [0.29, 0.717) is 36.1 Å². The Morgan fingerprint density at radius 2 is 1.96 bits per heavy atom. The molecular weight excluding hydrogens is 342 g/mol. The lowest BCUT2D eigenvalue weighted by Gasteiger charge is -2.29. The zero-order valence-electron chi connectivity index (χ0n) is 15.9. The largest absolute Gasteiger partial charge is 0.344 e. The number of piperidine rings is 1. The van der Waals surface area contributed by atoms with E-state index >= 15 is 0 Å². The Kier molecular flexibility index (Phi) is 5.20. The van der Waals surface area contributed by atoms with Crippen LogP contribution in [0.15, 0.2) is 29.0 Å². The van der Waals surface area contributed by atoms with Crippen LogP contribution in [0.3, 0.4) is 0 Å². The number of fused-ring (bicyclic) bond motifs is 2. The van der Waals surface area contributed by atoms with Gasteiger partial charge in [-0.05, 0) is 49.7 Å². The molecule has 0 aromatic carbocycles. The van der Waals surface area contributed by atoms with E-state index < -0.39 is 0 Å². The molecule has 3 atom stereocenters. The fourth-order valence-electron chi connectivity index (χ4n) is 4.33. The van der Waals surface area contributed by atoms with Gasteiger partial charge in [-0.15, -0.1) is 0 Å². The molecule has 2 aromatic heterocycles. The third-order valence-corrected chi connectivity index (χ3v) is 5.67. The lowest BCUT2D eigenvalue weighted by Crippen LogP contribution is -2.40. The van der Waals surface area contributed by atoms with Crippen LogP contribution in [0, 0.1) is 11.8 Å². The van der Waals surface area contributed by atoms with E-state index in [9.17, 15) is 4.79 Å². The van der Waals surface area contributed by atoms with Crippen LogP contribution in [0.5, 0.6) is 0 Å². The zero-order valence-corrected chi connectivity index (χ0v) is 15.9. The van der Waals surface area contributed by atoms with Gasteiger partial charge in [0.25, 0.3) is 0 Å². The van der Waals surface area contributed by atoms with Crippen LogP contribution in [0.2, 0.25) is 0 Å². The van der Waals surface area contributed by atoms with Crippen molar-refractivity contribution in [2.45, 2.75) is 64.1 Å². The summed E-state index contributed by atoms with van der Waals surface area (Å²) in [7, 11) is 0. The molecule has 4 heterocycles. The molecule has 2 aliphatic rings. The van der Waals surface area contributed by atoms with Gasteiger partial charge in [0.05, 0.1) is 0 Å². The van der Waals surface area contributed by atoms with Gasteiger partial charge in [0.1, 0.15) is 6.04 Å². The van der Waals surface area contributed by atoms with E-state index in [2.05, 4.69) is 25.8 Å². The minimum Gasteiger partial charge on any atom is -0.344 e.